The predicted molar refractivity (Wildman–Crippen MR) is 181 cm³/mol. The molecule has 1 saturated heterocycles. The molecule has 2 aromatic heterocycles. The van der Waals surface area contributed by atoms with Crippen LogP contribution in [-0.2, 0) is 4.79 Å². The molecular weight excluding hydrogens is 673 g/mol. The van der Waals surface area contributed by atoms with E-state index in [1.807, 2.05) is 45.6 Å². The quantitative estimate of drug-likeness (QED) is 0.170. The van der Waals surface area contributed by atoms with Crippen molar-refractivity contribution in [3.05, 3.63) is 73.6 Å². The average Bonchev–Trinajstić information content (AvgIpc) is 3.02. The van der Waals surface area contributed by atoms with Gasteiger partial charge >= 0.3 is 0 Å². The van der Waals surface area contributed by atoms with E-state index in [0.717, 1.165) is 0 Å². The molecule has 2 aliphatic rings. The van der Waals surface area contributed by atoms with Gasteiger partial charge in [-0.15, -0.1) is 0 Å². The van der Waals surface area contributed by atoms with Crippen molar-refractivity contribution < 1.29 is 18.7 Å². The smallest absolute Gasteiger partial charge is 0.272 e. The lowest BCUT2D eigenvalue weighted by molar-refractivity contribution is -0.130. The van der Waals surface area contributed by atoms with Gasteiger partial charge in [0.1, 0.15) is 17.3 Å². The maximum Gasteiger partial charge on any atom is 0.272 e. The van der Waals surface area contributed by atoms with Gasteiger partial charge in [0.2, 0.25) is 5.91 Å². The number of benzene rings is 1. The molecule has 14 heteroatoms. The molecule has 1 N–H and O–H groups in total. The first-order chi connectivity index (χ1) is 22.2. The van der Waals surface area contributed by atoms with E-state index < -0.39 is 44.6 Å². The molecule has 0 saturated carbocycles. The van der Waals surface area contributed by atoms with Crippen LogP contribution in [-0.4, -0.2) is 56.3 Å². The molecule has 3 aromatic rings. The van der Waals surface area contributed by atoms with Crippen LogP contribution in [0.4, 0.5) is 14.5 Å². The highest BCUT2D eigenvalue weighted by Crippen LogP contribution is 2.46. The summed E-state index contributed by atoms with van der Waals surface area (Å²) in [5, 5.41) is 19.5. The molecule has 4 heterocycles. The van der Waals surface area contributed by atoms with Crippen LogP contribution in [0.2, 0.25) is 15.1 Å². The summed E-state index contributed by atoms with van der Waals surface area (Å²) in [6, 6.07) is 2.15. The summed E-state index contributed by atoms with van der Waals surface area (Å²) in [6.07, 6.45) is 4.71. The minimum absolute atomic E-state index is 0.0178. The lowest BCUT2D eigenvalue weighted by atomic mass is 9.88. The molecule has 0 radical (unpaired) electrons. The normalized spacial score (nSPS) is 21.3. The number of hydrogen-bond donors (Lipinski definition) is 1. The summed E-state index contributed by atoms with van der Waals surface area (Å²) in [5.74, 6) is -4.94. The van der Waals surface area contributed by atoms with Crippen LogP contribution in [0, 0.1) is 34.8 Å². The van der Waals surface area contributed by atoms with Gasteiger partial charge in [-0.2, -0.15) is 5.26 Å². The zero-order valence-electron chi connectivity index (χ0n) is 26.2. The van der Waals surface area contributed by atoms with Crippen molar-refractivity contribution in [3.8, 4) is 23.1 Å². The SMILES string of the molecule is C=CC(=O)N1[C@H](C)CN(c2c(C#N)c(=O)n(C3C(C(C)C)=NC=C[C@H]3C)c3nc(-c4c(F)c(O)c(F)c(Cl)c4Cl)c(Cl)cc23)C[C@@H]1C. The number of nitriles is 1. The van der Waals surface area contributed by atoms with Crippen molar-refractivity contribution in [1.29, 1.82) is 5.26 Å². The van der Waals surface area contributed by atoms with Crippen molar-refractivity contribution in [2.45, 2.75) is 52.7 Å². The molecule has 4 atom stereocenters. The first-order valence-corrected chi connectivity index (χ1v) is 16.0. The van der Waals surface area contributed by atoms with E-state index in [0.29, 0.717) is 5.71 Å². The summed E-state index contributed by atoms with van der Waals surface area (Å²) < 4.78 is 31.3. The standard InChI is InChI=1S/C33H31Cl3F2N6O3/c1-7-21(45)43-16(5)12-42(13-17(43)6)30-18-10-20(34)28(22-23(35)24(36)26(38)31(46)25(22)37)41-32(18)44(33(47)19(30)11-39)29-15(4)8-9-40-27(29)14(2)3/h7-10,14-17,29,46H,1,12-13H2,2-6H3/t15-,16-,17+,29?/m1/s1. The van der Waals surface area contributed by atoms with Crippen molar-refractivity contribution in [1.82, 2.24) is 14.5 Å². The number of carbonyl (C=O) groups excluding carboxylic acids is 1. The van der Waals surface area contributed by atoms with Gasteiger partial charge in [-0.3, -0.25) is 19.1 Å². The molecule has 1 fully saturated rings. The van der Waals surface area contributed by atoms with Crippen molar-refractivity contribution in [3.63, 3.8) is 0 Å². The van der Waals surface area contributed by atoms with Crippen LogP contribution >= 0.6 is 34.8 Å². The summed E-state index contributed by atoms with van der Waals surface area (Å²) in [5.41, 5.74) is -0.834. The highest BCUT2D eigenvalue weighted by Gasteiger charge is 2.38. The van der Waals surface area contributed by atoms with E-state index in [1.165, 1.54) is 16.7 Å². The number of carbonyl (C=O) groups is 1. The number of piperazine rings is 1. The number of aliphatic imine (C=N–C) groups is 1. The number of pyridine rings is 2. The van der Waals surface area contributed by atoms with Crippen LogP contribution in [0.3, 0.4) is 0 Å². The Morgan fingerprint density at radius 1 is 1.15 bits per heavy atom. The number of nitrogens with zero attached hydrogens (tertiary/aromatic N) is 6. The summed E-state index contributed by atoms with van der Waals surface area (Å²) in [4.78, 5) is 40.0. The number of anilines is 1. The molecule has 0 spiro atoms. The zero-order valence-corrected chi connectivity index (χ0v) is 28.4. The van der Waals surface area contributed by atoms with Crippen LogP contribution < -0.4 is 10.5 Å². The molecule has 0 bridgehead atoms. The Hall–Kier alpha value is -3.98. The molecular formula is C33H31Cl3F2N6O3. The van der Waals surface area contributed by atoms with Crippen LogP contribution in [0.1, 0.15) is 46.2 Å². The van der Waals surface area contributed by atoms with Gasteiger partial charge in [0, 0.05) is 48.4 Å². The Labute approximate surface area is 285 Å². The number of phenolic OH excluding ortho intramolecular Hbond substituents is 1. The topological polar surface area (TPSA) is 115 Å². The van der Waals surface area contributed by atoms with Gasteiger partial charge in [-0.05, 0) is 31.9 Å². The fourth-order valence-electron chi connectivity index (χ4n) is 6.60. The third-order valence-corrected chi connectivity index (χ3v) is 9.76. The monoisotopic (exact) mass is 702 g/mol. The molecule has 1 unspecified atom stereocenters. The molecule has 2 aliphatic heterocycles. The van der Waals surface area contributed by atoms with Gasteiger partial charge in [0.15, 0.2) is 17.4 Å². The number of rotatable bonds is 5. The lowest BCUT2D eigenvalue weighted by Gasteiger charge is -2.45. The highest BCUT2D eigenvalue weighted by atomic mass is 35.5. The largest absolute Gasteiger partial charge is 0.503 e. The second kappa shape index (κ2) is 12.9. The minimum atomic E-state index is -1.45. The number of halogens is 5. The molecule has 246 valence electrons. The lowest BCUT2D eigenvalue weighted by Crippen LogP contribution is -2.58. The molecule has 1 amide bonds. The van der Waals surface area contributed by atoms with Crippen molar-refractivity contribution in [2.24, 2.45) is 16.8 Å². The Morgan fingerprint density at radius 3 is 2.36 bits per heavy atom. The summed E-state index contributed by atoms with van der Waals surface area (Å²) in [6.45, 7) is 13.5. The van der Waals surface area contributed by atoms with E-state index in [2.05, 4.69) is 22.6 Å². The number of hydrogen-bond acceptors (Lipinski definition) is 7. The van der Waals surface area contributed by atoms with Gasteiger partial charge in [-0.1, -0.05) is 68.2 Å². The van der Waals surface area contributed by atoms with E-state index in [-0.39, 0.29) is 75.9 Å². The van der Waals surface area contributed by atoms with E-state index >= 15 is 4.39 Å². The fraction of sp³-hybridized carbons (Fsp3) is 0.364. The van der Waals surface area contributed by atoms with E-state index in [4.69, 9.17) is 34.8 Å². The number of aromatic hydroxyl groups is 1. The van der Waals surface area contributed by atoms with Crippen molar-refractivity contribution in [2.75, 3.05) is 18.0 Å². The van der Waals surface area contributed by atoms with Crippen molar-refractivity contribution >= 4 is 63.1 Å². The fourth-order valence-corrected chi connectivity index (χ4v) is 7.29. The number of aromatic nitrogens is 2. The molecule has 0 aliphatic carbocycles. The third-order valence-electron chi connectivity index (χ3n) is 8.65. The predicted octanol–water partition coefficient (Wildman–Crippen LogP) is 7.29. The molecule has 9 nitrogen and oxygen atoms in total. The van der Waals surface area contributed by atoms with Gasteiger partial charge in [-0.25, -0.2) is 13.8 Å². The number of amides is 1. The van der Waals surface area contributed by atoms with Crippen LogP contribution in [0.25, 0.3) is 22.3 Å². The summed E-state index contributed by atoms with van der Waals surface area (Å²) in [7, 11) is 0. The van der Waals surface area contributed by atoms with Gasteiger partial charge < -0.3 is 14.9 Å². The average molecular weight is 704 g/mol. The zero-order chi connectivity index (χ0) is 34.6. The Kier molecular flexibility index (Phi) is 9.43. The first kappa shape index (κ1) is 34.4. The maximum absolute atomic E-state index is 15.5. The second-order valence-electron chi connectivity index (χ2n) is 12.1. The van der Waals surface area contributed by atoms with E-state index in [1.54, 1.807) is 11.1 Å². The van der Waals surface area contributed by atoms with E-state index in [9.17, 15) is 24.3 Å². The number of phenols is 1. The number of fused-ring (bicyclic) bond motifs is 1. The third kappa shape index (κ3) is 5.56. The molecule has 1 aromatic carbocycles. The highest BCUT2D eigenvalue weighted by molar-refractivity contribution is 6.44. The van der Waals surface area contributed by atoms with Crippen LogP contribution in [0.15, 0.2) is 40.8 Å². The second-order valence-corrected chi connectivity index (χ2v) is 13.2. The minimum Gasteiger partial charge on any atom is -0.503 e. The molecule has 5 rings (SSSR count). The Bertz CT molecular complexity index is 1960. The maximum atomic E-state index is 15.5. The Balaban J connectivity index is 1.91. The van der Waals surface area contributed by atoms with Gasteiger partial charge in [0.05, 0.1) is 38.1 Å². The molecule has 47 heavy (non-hydrogen) atoms. The first-order valence-electron chi connectivity index (χ1n) is 14.8. The van der Waals surface area contributed by atoms with Gasteiger partial charge in [0.25, 0.3) is 5.56 Å². The Morgan fingerprint density at radius 2 is 1.79 bits per heavy atom. The van der Waals surface area contributed by atoms with Crippen LogP contribution in [0.5, 0.6) is 5.75 Å². The summed E-state index contributed by atoms with van der Waals surface area (Å²) >= 11 is 19.1. The number of allylic oxidation sites excluding steroid dienone is 1.